The molecule has 0 spiro atoms. The fourth-order valence-corrected chi connectivity index (χ4v) is 3.54. The molecule has 26 heavy (non-hydrogen) atoms. The third-order valence-corrected chi connectivity index (χ3v) is 5.24. The Hall–Kier alpha value is -1.18. The first kappa shape index (κ1) is 21.1. The standard InChI is InChI=1S/C19H35N3O4/c1-15(2)4-8-21-11-7-20-19(24)17(21)14-18(23)22-9-5-16(6-10-22)26-13-12-25-3/h15-17H,4-14H2,1-3H3,(H,20,24). The molecule has 150 valence electrons. The van der Waals surface area contributed by atoms with E-state index in [-0.39, 0.29) is 30.4 Å². The second-order valence-electron chi connectivity index (χ2n) is 7.67. The topological polar surface area (TPSA) is 71.1 Å². The molecule has 2 saturated heterocycles. The van der Waals surface area contributed by atoms with Gasteiger partial charge in [0.2, 0.25) is 11.8 Å². The van der Waals surface area contributed by atoms with Crippen LogP contribution in [0.5, 0.6) is 0 Å². The molecule has 2 aliphatic rings. The van der Waals surface area contributed by atoms with Crippen molar-refractivity contribution in [3.05, 3.63) is 0 Å². The molecule has 2 fully saturated rings. The van der Waals surface area contributed by atoms with E-state index in [1.807, 2.05) is 4.90 Å². The zero-order chi connectivity index (χ0) is 18.9. The number of carbonyl (C=O) groups is 2. The van der Waals surface area contributed by atoms with Crippen LogP contribution < -0.4 is 5.32 Å². The zero-order valence-corrected chi connectivity index (χ0v) is 16.5. The van der Waals surface area contributed by atoms with Crippen LogP contribution >= 0.6 is 0 Å². The third kappa shape index (κ3) is 6.52. The molecular weight excluding hydrogens is 334 g/mol. The van der Waals surface area contributed by atoms with Crippen LogP contribution in [0.3, 0.4) is 0 Å². The number of methoxy groups -OCH3 is 1. The van der Waals surface area contributed by atoms with Gasteiger partial charge in [-0.2, -0.15) is 0 Å². The smallest absolute Gasteiger partial charge is 0.237 e. The molecule has 2 aliphatic heterocycles. The monoisotopic (exact) mass is 369 g/mol. The van der Waals surface area contributed by atoms with Gasteiger partial charge in [-0.05, 0) is 31.7 Å². The summed E-state index contributed by atoms with van der Waals surface area (Å²) in [6, 6.07) is -0.328. The molecule has 7 heteroatoms. The van der Waals surface area contributed by atoms with Crippen molar-refractivity contribution in [2.24, 2.45) is 5.92 Å². The zero-order valence-electron chi connectivity index (χ0n) is 16.5. The van der Waals surface area contributed by atoms with Crippen LogP contribution in [-0.4, -0.2) is 86.8 Å². The molecule has 1 N–H and O–H groups in total. The number of nitrogens with zero attached hydrogens (tertiary/aromatic N) is 2. The van der Waals surface area contributed by atoms with E-state index >= 15 is 0 Å². The van der Waals surface area contributed by atoms with E-state index in [1.54, 1.807) is 7.11 Å². The molecule has 0 aliphatic carbocycles. The number of piperidine rings is 1. The maximum Gasteiger partial charge on any atom is 0.237 e. The Bertz CT molecular complexity index is 450. The van der Waals surface area contributed by atoms with E-state index in [9.17, 15) is 9.59 Å². The number of likely N-dealkylation sites (tertiary alicyclic amines) is 1. The molecule has 0 aromatic carbocycles. The first-order valence-corrected chi connectivity index (χ1v) is 9.91. The van der Waals surface area contributed by atoms with Crippen LogP contribution in [0.15, 0.2) is 0 Å². The number of hydrogen-bond donors (Lipinski definition) is 1. The first-order chi connectivity index (χ1) is 12.5. The van der Waals surface area contributed by atoms with Crippen LogP contribution in [0.25, 0.3) is 0 Å². The van der Waals surface area contributed by atoms with Gasteiger partial charge in [0, 0.05) is 33.3 Å². The fourth-order valence-electron chi connectivity index (χ4n) is 3.54. The van der Waals surface area contributed by atoms with Crippen molar-refractivity contribution in [3.63, 3.8) is 0 Å². The van der Waals surface area contributed by atoms with Crippen LogP contribution in [0.4, 0.5) is 0 Å². The predicted molar refractivity (Wildman–Crippen MR) is 99.9 cm³/mol. The Morgan fingerprint density at radius 3 is 2.62 bits per heavy atom. The summed E-state index contributed by atoms with van der Waals surface area (Å²) >= 11 is 0. The maximum absolute atomic E-state index is 12.7. The second-order valence-corrected chi connectivity index (χ2v) is 7.67. The predicted octanol–water partition coefficient (Wildman–Crippen LogP) is 0.877. The van der Waals surface area contributed by atoms with E-state index in [0.717, 1.165) is 32.4 Å². The Morgan fingerprint density at radius 2 is 1.96 bits per heavy atom. The van der Waals surface area contributed by atoms with Gasteiger partial charge in [0.05, 0.1) is 31.8 Å². The highest BCUT2D eigenvalue weighted by Crippen LogP contribution is 2.18. The van der Waals surface area contributed by atoms with E-state index in [1.165, 1.54) is 0 Å². The normalized spacial score (nSPS) is 22.7. The Labute approximate surface area is 157 Å². The molecule has 2 heterocycles. The minimum absolute atomic E-state index is 0.00820. The van der Waals surface area contributed by atoms with Gasteiger partial charge in [-0.25, -0.2) is 0 Å². The summed E-state index contributed by atoms with van der Waals surface area (Å²) in [6.45, 7) is 9.35. The quantitative estimate of drug-likeness (QED) is 0.611. The molecule has 1 atom stereocenters. The lowest BCUT2D eigenvalue weighted by Crippen LogP contribution is -2.57. The van der Waals surface area contributed by atoms with Crippen molar-refractivity contribution in [2.45, 2.75) is 51.7 Å². The average Bonchev–Trinajstić information content (AvgIpc) is 2.63. The number of ether oxygens (including phenoxy) is 2. The van der Waals surface area contributed by atoms with Crippen molar-refractivity contribution < 1.29 is 19.1 Å². The van der Waals surface area contributed by atoms with Crippen molar-refractivity contribution in [3.8, 4) is 0 Å². The van der Waals surface area contributed by atoms with Crippen molar-refractivity contribution in [1.82, 2.24) is 15.1 Å². The van der Waals surface area contributed by atoms with Crippen molar-refractivity contribution in [2.75, 3.05) is 53.0 Å². The van der Waals surface area contributed by atoms with Gasteiger partial charge in [-0.1, -0.05) is 13.8 Å². The van der Waals surface area contributed by atoms with Gasteiger partial charge >= 0.3 is 0 Å². The van der Waals surface area contributed by atoms with Crippen LogP contribution in [0.2, 0.25) is 0 Å². The molecule has 0 radical (unpaired) electrons. The third-order valence-electron chi connectivity index (χ3n) is 5.24. The van der Waals surface area contributed by atoms with Gasteiger partial charge < -0.3 is 19.7 Å². The van der Waals surface area contributed by atoms with Crippen molar-refractivity contribution in [1.29, 1.82) is 0 Å². The summed E-state index contributed by atoms with van der Waals surface area (Å²) in [4.78, 5) is 29.1. The molecule has 2 amide bonds. The Balaban J connectivity index is 1.80. The fraction of sp³-hybridized carbons (Fsp3) is 0.895. The Morgan fingerprint density at radius 1 is 1.23 bits per heavy atom. The van der Waals surface area contributed by atoms with E-state index in [2.05, 4.69) is 24.1 Å². The summed E-state index contributed by atoms with van der Waals surface area (Å²) in [5.74, 6) is 0.663. The lowest BCUT2D eigenvalue weighted by atomic mass is 10.0. The molecule has 0 saturated carbocycles. The van der Waals surface area contributed by atoms with Gasteiger partial charge in [0.15, 0.2) is 0 Å². The highest BCUT2D eigenvalue weighted by atomic mass is 16.5. The van der Waals surface area contributed by atoms with Crippen LogP contribution in [0.1, 0.15) is 39.5 Å². The van der Waals surface area contributed by atoms with E-state index < -0.39 is 0 Å². The molecule has 7 nitrogen and oxygen atoms in total. The average molecular weight is 370 g/mol. The molecular formula is C19H35N3O4. The highest BCUT2D eigenvalue weighted by Gasteiger charge is 2.33. The summed E-state index contributed by atoms with van der Waals surface area (Å²) in [5.41, 5.74) is 0. The minimum atomic E-state index is -0.328. The van der Waals surface area contributed by atoms with Crippen LogP contribution in [-0.2, 0) is 19.1 Å². The summed E-state index contributed by atoms with van der Waals surface area (Å²) < 4.78 is 10.8. The Kier molecular flexibility index (Phi) is 8.81. The second kappa shape index (κ2) is 10.8. The number of rotatable bonds is 9. The van der Waals surface area contributed by atoms with Gasteiger partial charge in [-0.15, -0.1) is 0 Å². The molecule has 1 unspecified atom stereocenters. The lowest BCUT2D eigenvalue weighted by Gasteiger charge is -2.37. The van der Waals surface area contributed by atoms with Gasteiger partial charge in [0.25, 0.3) is 0 Å². The number of amides is 2. The number of nitrogens with one attached hydrogen (secondary N) is 1. The highest BCUT2D eigenvalue weighted by molar-refractivity contribution is 5.88. The van der Waals surface area contributed by atoms with E-state index in [0.29, 0.717) is 38.8 Å². The van der Waals surface area contributed by atoms with Gasteiger partial charge in [0.1, 0.15) is 0 Å². The minimum Gasteiger partial charge on any atom is -0.382 e. The first-order valence-electron chi connectivity index (χ1n) is 9.91. The van der Waals surface area contributed by atoms with Crippen LogP contribution in [0, 0.1) is 5.92 Å². The SMILES string of the molecule is COCCOC1CCN(C(=O)CC2C(=O)NCCN2CCC(C)C)CC1. The van der Waals surface area contributed by atoms with Crippen molar-refractivity contribution >= 4 is 11.8 Å². The number of carbonyl (C=O) groups excluding carboxylic acids is 2. The van der Waals surface area contributed by atoms with E-state index in [4.69, 9.17) is 9.47 Å². The molecule has 0 bridgehead atoms. The van der Waals surface area contributed by atoms with Gasteiger partial charge in [-0.3, -0.25) is 14.5 Å². The number of hydrogen-bond acceptors (Lipinski definition) is 5. The summed E-state index contributed by atoms with van der Waals surface area (Å²) in [5, 5.41) is 2.91. The number of piperazine rings is 1. The molecule has 0 aromatic rings. The lowest BCUT2D eigenvalue weighted by molar-refractivity contribution is -0.140. The molecule has 2 rings (SSSR count). The summed E-state index contributed by atoms with van der Waals surface area (Å²) in [6.07, 6.45) is 3.23. The summed E-state index contributed by atoms with van der Waals surface area (Å²) in [7, 11) is 1.66. The molecule has 0 aromatic heterocycles. The maximum atomic E-state index is 12.7. The largest absolute Gasteiger partial charge is 0.382 e.